The minimum Gasteiger partial charge on any atom is -0.464 e. The highest BCUT2D eigenvalue weighted by Gasteiger charge is 2.26. The third-order valence-electron chi connectivity index (χ3n) is 4.81. The van der Waals surface area contributed by atoms with Crippen molar-refractivity contribution < 1.29 is 14.2 Å². The summed E-state index contributed by atoms with van der Waals surface area (Å²) in [6, 6.07) is 5.81. The van der Waals surface area contributed by atoms with Gasteiger partial charge in [-0.2, -0.15) is 0 Å². The molecule has 4 nitrogen and oxygen atoms in total. The van der Waals surface area contributed by atoms with Crippen molar-refractivity contribution in [2.75, 3.05) is 27.2 Å². The molecule has 0 radical (unpaired) electrons. The molecule has 1 aliphatic heterocycles. The number of hydrogen-bond donors (Lipinski definition) is 2. The van der Waals surface area contributed by atoms with Crippen molar-refractivity contribution in [1.82, 2.24) is 0 Å². The first-order valence-electron chi connectivity index (χ1n) is 7.88. The molecule has 2 heterocycles. The highest BCUT2D eigenvalue weighted by Crippen LogP contribution is 2.16. The summed E-state index contributed by atoms with van der Waals surface area (Å²) in [6.07, 6.45) is 4.03. The average Bonchev–Trinajstić information content (AvgIpc) is 2.51. The smallest absolute Gasteiger partial charge is 0.201 e. The van der Waals surface area contributed by atoms with Crippen LogP contribution in [-0.4, -0.2) is 33.2 Å². The minimum absolute atomic E-state index is 0.0432. The largest absolute Gasteiger partial charge is 0.464 e. The molecule has 0 bridgehead atoms. The number of hydrogen-bond acceptors (Lipinski definition) is 2. The molecule has 3 rings (SSSR count). The zero-order valence-corrected chi connectivity index (χ0v) is 13.9. The van der Waals surface area contributed by atoms with Gasteiger partial charge in [-0.3, -0.25) is 4.79 Å². The molecule has 1 aliphatic rings. The quantitative estimate of drug-likeness (QED) is 0.844. The maximum Gasteiger partial charge on any atom is 0.201 e. The SMILES string of the molecule is C[NH+]1CCC([NH+](C)Cc2coc3ccc(Cl)cc3c2=O)CC1. The fourth-order valence-electron chi connectivity index (χ4n) is 3.31. The van der Waals surface area contributed by atoms with Crippen LogP contribution in [0, 0.1) is 0 Å². The van der Waals surface area contributed by atoms with Crippen molar-refractivity contribution in [2.45, 2.75) is 25.4 Å². The van der Waals surface area contributed by atoms with Crippen LogP contribution in [-0.2, 0) is 6.54 Å². The van der Waals surface area contributed by atoms with Gasteiger partial charge in [0.2, 0.25) is 5.43 Å². The lowest BCUT2D eigenvalue weighted by atomic mass is 10.0. The van der Waals surface area contributed by atoms with Gasteiger partial charge in [-0.1, -0.05) is 11.6 Å². The summed E-state index contributed by atoms with van der Waals surface area (Å²) in [5.74, 6) is 0. The van der Waals surface area contributed by atoms with Crippen molar-refractivity contribution in [3.63, 3.8) is 0 Å². The number of quaternary nitrogens is 2. The molecule has 2 aromatic rings. The van der Waals surface area contributed by atoms with Crippen molar-refractivity contribution >= 4 is 22.6 Å². The maximum atomic E-state index is 12.6. The molecule has 0 aliphatic carbocycles. The Morgan fingerprint density at radius 1 is 1.36 bits per heavy atom. The van der Waals surface area contributed by atoms with Gasteiger partial charge in [-0.15, -0.1) is 0 Å². The standard InChI is InChI=1S/C17H21ClN2O2/c1-19-7-5-14(6-8-19)20(2)10-12-11-22-16-4-3-13(18)9-15(16)17(12)21/h3-4,9,11,14H,5-8,10H2,1-2H3/p+2. The second-order valence-electron chi connectivity index (χ2n) is 6.49. The fraction of sp³-hybridized carbons (Fsp3) is 0.471. The van der Waals surface area contributed by atoms with Crippen molar-refractivity contribution in [3.8, 4) is 0 Å². The molecular formula is C17H23ClN2O2+2. The Bertz CT molecular complexity index is 720. The van der Waals surface area contributed by atoms with E-state index in [0.29, 0.717) is 28.6 Å². The fourth-order valence-corrected chi connectivity index (χ4v) is 3.49. The predicted octanol–water partition coefficient (Wildman–Crippen LogP) is 0.138. The van der Waals surface area contributed by atoms with Crippen LogP contribution in [0.3, 0.4) is 0 Å². The molecule has 2 N–H and O–H groups in total. The molecule has 0 saturated carbocycles. The van der Waals surface area contributed by atoms with Gasteiger partial charge >= 0.3 is 0 Å². The van der Waals surface area contributed by atoms with Gasteiger partial charge < -0.3 is 14.2 Å². The Hall–Kier alpha value is -1.36. The van der Waals surface area contributed by atoms with E-state index >= 15 is 0 Å². The van der Waals surface area contributed by atoms with Gasteiger partial charge in [-0.25, -0.2) is 0 Å². The Balaban J connectivity index is 1.81. The summed E-state index contributed by atoms with van der Waals surface area (Å²) in [7, 11) is 4.42. The highest BCUT2D eigenvalue weighted by atomic mass is 35.5. The number of fused-ring (bicyclic) bond motifs is 1. The Labute approximate surface area is 135 Å². The molecule has 1 atom stereocenters. The van der Waals surface area contributed by atoms with Crippen molar-refractivity contribution in [1.29, 1.82) is 0 Å². The number of benzene rings is 1. The monoisotopic (exact) mass is 322 g/mol. The van der Waals surface area contributed by atoms with Crippen LogP contribution >= 0.6 is 11.6 Å². The van der Waals surface area contributed by atoms with E-state index in [9.17, 15) is 4.79 Å². The average molecular weight is 323 g/mol. The molecular weight excluding hydrogens is 300 g/mol. The number of likely N-dealkylation sites (tertiary alicyclic amines) is 1. The second kappa shape index (κ2) is 6.41. The van der Waals surface area contributed by atoms with Crippen LogP contribution in [0.1, 0.15) is 18.4 Å². The summed E-state index contributed by atoms with van der Waals surface area (Å²) in [6.45, 7) is 3.13. The van der Waals surface area contributed by atoms with E-state index in [1.165, 1.54) is 30.8 Å². The topological polar surface area (TPSA) is 39.1 Å². The third-order valence-corrected chi connectivity index (χ3v) is 5.05. The van der Waals surface area contributed by atoms with Gasteiger partial charge in [-0.05, 0) is 18.2 Å². The molecule has 1 aromatic carbocycles. The molecule has 1 saturated heterocycles. The molecule has 0 spiro atoms. The normalized spacial score (nSPS) is 23.6. The molecule has 0 amide bonds. The van der Waals surface area contributed by atoms with Crippen LogP contribution < -0.4 is 15.2 Å². The van der Waals surface area contributed by atoms with E-state index in [1.54, 1.807) is 29.4 Å². The summed E-state index contributed by atoms with van der Waals surface area (Å²) < 4.78 is 5.61. The minimum atomic E-state index is 0.0432. The van der Waals surface area contributed by atoms with Gasteiger partial charge in [0.15, 0.2) is 0 Å². The van der Waals surface area contributed by atoms with Crippen LogP contribution in [0.4, 0.5) is 0 Å². The van der Waals surface area contributed by atoms with Gasteiger partial charge in [0, 0.05) is 17.9 Å². The first kappa shape index (κ1) is 15.5. The van der Waals surface area contributed by atoms with Gasteiger partial charge in [0.05, 0.1) is 44.2 Å². The third kappa shape index (κ3) is 3.19. The lowest BCUT2D eigenvalue weighted by molar-refractivity contribution is -0.948. The molecule has 1 fully saturated rings. The lowest BCUT2D eigenvalue weighted by Crippen LogP contribution is -3.17. The molecule has 1 aromatic heterocycles. The van der Waals surface area contributed by atoms with Gasteiger partial charge in [0.25, 0.3) is 0 Å². The summed E-state index contributed by atoms with van der Waals surface area (Å²) in [4.78, 5) is 15.6. The molecule has 22 heavy (non-hydrogen) atoms. The van der Waals surface area contributed by atoms with Crippen LogP contribution in [0.25, 0.3) is 11.0 Å². The highest BCUT2D eigenvalue weighted by molar-refractivity contribution is 6.31. The Morgan fingerprint density at radius 3 is 2.82 bits per heavy atom. The van der Waals surface area contributed by atoms with E-state index < -0.39 is 0 Å². The summed E-state index contributed by atoms with van der Waals surface area (Å²) in [5, 5.41) is 1.14. The summed E-state index contributed by atoms with van der Waals surface area (Å²) >= 11 is 6.00. The predicted molar refractivity (Wildman–Crippen MR) is 87.7 cm³/mol. The number of rotatable bonds is 3. The van der Waals surface area contributed by atoms with Crippen LogP contribution in [0.2, 0.25) is 5.02 Å². The number of piperidine rings is 1. The lowest BCUT2D eigenvalue weighted by Gasteiger charge is -2.30. The number of nitrogens with one attached hydrogen (secondary N) is 2. The zero-order valence-electron chi connectivity index (χ0n) is 13.1. The van der Waals surface area contributed by atoms with Crippen LogP contribution in [0.15, 0.2) is 33.7 Å². The molecule has 118 valence electrons. The van der Waals surface area contributed by atoms with Crippen molar-refractivity contribution in [2.24, 2.45) is 0 Å². The van der Waals surface area contributed by atoms with E-state index in [2.05, 4.69) is 14.1 Å². The van der Waals surface area contributed by atoms with Crippen molar-refractivity contribution in [3.05, 3.63) is 45.3 Å². The van der Waals surface area contributed by atoms with Crippen LogP contribution in [0.5, 0.6) is 0 Å². The second-order valence-corrected chi connectivity index (χ2v) is 6.92. The maximum absolute atomic E-state index is 12.6. The Morgan fingerprint density at radius 2 is 2.09 bits per heavy atom. The van der Waals surface area contributed by atoms with E-state index in [-0.39, 0.29) is 5.43 Å². The first-order chi connectivity index (χ1) is 10.5. The zero-order chi connectivity index (χ0) is 15.7. The number of halogens is 1. The van der Waals surface area contributed by atoms with Gasteiger partial charge in [0.1, 0.15) is 18.4 Å². The summed E-state index contributed by atoms with van der Waals surface area (Å²) in [5.41, 5.74) is 1.37. The van der Waals surface area contributed by atoms with E-state index in [0.717, 1.165) is 5.56 Å². The van der Waals surface area contributed by atoms with E-state index in [1.807, 2.05) is 0 Å². The first-order valence-corrected chi connectivity index (χ1v) is 8.26. The molecule has 1 unspecified atom stereocenters. The van der Waals surface area contributed by atoms with E-state index in [4.69, 9.17) is 16.0 Å². The Kier molecular flexibility index (Phi) is 4.52. The molecule has 5 heteroatoms.